The van der Waals surface area contributed by atoms with Crippen LogP contribution in [0.3, 0.4) is 0 Å². The van der Waals surface area contributed by atoms with Crippen molar-refractivity contribution in [3.8, 4) is 0 Å². The maximum absolute atomic E-state index is 13.5. The largest absolute Gasteiger partial charge is 0.494 e. The van der Waals surface area contributed by atoms with Crippen LogP contribution in [0.2, 0.25) is 0 Å². The summed E-state index contributed by atoms with van der Waals surface area (Å²) in [6.07, 6.45) is 2.59. The maximum Gasteiger partial charge on any atom is 0.494 e. The number of rotatable bonds is 2. The monoisotopic (exact) mass is 362 g/mol. The third kappa shape index (κ3) is 2.95. The molecule has 1 aromatic carbocycles. The number of imidazole rings is 1. The van der Waals surface area contributed by atoms with Gasteiger partial charge >= 0.3 is 7.12 Å². The molecular weight excluding hydrogens is 337 g/mol. The number of alkyl halides is 2. The van der Waals surface area contributed by atoms with E-state index in [-0.39, 0.29) is 18.9 Å². The van der Waals surface area contributed by atoms with Crippen molar-refractivity contribution in [2.75, 3.05) is 0 Å². The van der Waals surface area contributed by atoms with E-state index in [1.54, 1.807) is 6.33 Å². The van der Waals surface area contributed by atoms with Gasteiger partial charge in [-0.1, -0.05) is 6.07 Å². The van der Waals surface area contributed by atoms with Crippen LogP contribution in [0.1, 0.15) is 59.4 Å². The summed E-state index contributed by atoms with van der Waals surface area (Å²) in [5, 5.41) is 0. The Morgan fingerprint density at radius 2 is 1.69 bits per heavy atom. The fourth-order valence-electron chi connectivity index (χ4n) is 3.76. The van der Waals surface area contributed by atoms with E-state index in [1.165, 1.54) is 0 Å². The zero-order valence-corrected chi connectivity index (χ0v) is 15.8. The first-order chi connectivity index (χ1) is 12.1. The first-order valence-electron chi connectivity index (χ1n) is 9.28. The van der Waals surface area contributed by atoms with Crippen LogP contribution in [0.5, 0.6) is 0 Å². The van der Waals surface area contributed by atoms with Crippen molar-refractivity contribution in [1.82, 2.24) is 9.55 Å². The average Bonchev–Trinajstić information content (AvgIpc) is 3.05. The van der Waals surface area contributed by atoms with Crippen molar-refractivity contribution in [1.29, 1.82) is 0 Å². The van der Waals surface area contributed by atoms with E-state index in [0.717, 1.165) is 16.5 Å². The molecule has 26 heavy (non-hydrogen) atoms. The third-order valence-electron chi connectivity index (χ3n) is 6.20. The van der Waals surface area contributed by atoms with Gasteiger partial charge in [-0.25, -0.2) is 13.8 Å². The highest BCUT2D eigenvalue weighted by atomic mass is 19.3. The third-order valence-corrected chi connectivity index (χ3v) is 6.20. The van der Waals surface area contributed by atoms with Gasteiger partial charge in [-0.15, -0.1) is 0 Å². The minimum Gasteiger partial charge on any atom is -0.399 e. The van der Waals surface area contributed by atoms with Crippen LogP contribution in [0.4, 0.5) is 8.78 Å². The fourth-order valence-corrected chi connectivity index (χ4v) is 3.76. The smallest absolute Gasteiger partial charge is 0.399 e. The highest BCUT2D eigenvalue weighted by Gasteiger charge is 2.51. The molecule has 140 valence electrons. The summed E-state index contributed by atoms with van der Waals surface area (Å²) in [4.78, 5) is 4.45. The van der Waals surface area contributed by atoms with Gasteiger partial charge < -0.3 is 13.9 Å². The molecular formula is C19H25BF2N2O2. The van der Waals surface area contributed by atoms with Gasteiger partial charge in [0, 0.05) is 18.9 Å². The number of fused-ring (bicyclic) bond motifs is 1. The molecule has 0 N–H and O–H groups in total. The Morgan fingerprint density at radius 1 is 1.08 bits per heavy atom. The number of benzene rings is 1. The van der Waals surface area contributed by atoms with E-state index in [1.807, 2.05) is 50.5 Å². The lowest BCUT2D eigenvalue weighted by atomic mass is 9.79. The molecule has 2 aromatic rings. The SMILES string of the molecule is CC1(C)OB(c2ccc3ncn(C4CCC(F)(F)CC4)c3c2)OC1(C)C. The standard InChI is InChI=1S/C19H25BF2N2O2/c1-17(2)18(3,4)26-20(25-17)13-5-6-15-16(11-13)24(12-23-15)14-7-9-19(21,22)10-8-14/h5-6,11-12,14H,7-10H2,1-4H3. The second-order valence-corrected chi connectivity index (χ2v) is 8.58. The molecule has 2 fully saturated rings. The maximum atomic E-state index is 13.5. The summed E-state index contributed by atoms with van der Waals surface area (Å²) in [7, 11) is -0.441. The summed E-state index contributed by atoms with van der Waals surface area (Å²) in [5.41, 5.74) is 1.94. The van der Waals surface area contributed by atoms with Crippen LogP contribution in [-0.2, 0) is 9.31 Å². The minimum absolute atomic E-state index is 0.0613. The lowest BCUT2D eigenvalue weighted by Crippen LogP contribution is -2.41. The number of aromatic nitrogens is 2. The molecule has 1 aliphatic heterocycles. The summed E-state index contributed by atoms with van der Waals surface area (Å²) in [6.45, 7) is 8.10. The van der Waals surface area contributed by atoms with E-state index >= 15 is 0 Å². The van der Waals surface area contributed by atoms with Gasteiger partial charge in [0.1, 0.15) is 0 Å². The van der Waals surface area contributed by atoms with Gasteiger partial charge in [-0.2, -0.15) is 0 Å². The second-order valence-electron chi connectivity index (χ2n) is 8.58. The molecule has 1 aliphatic carbocycles. The average molecular weight is 362 g/mol. The quantitative estimate of drug-likeness (QED) is 0.756. The zero-order chi connectivity index (χ0) is 18.7. The summed E-state index contributed by atoms with van der Waals surface area (Å²) in [5.74, 6) is -2.53. The predicted molar refractivity (Wildman–Crippen MR) is 97.9 cm³/mol. The Kier molecular flexibility index (Phi) is 3.97. The van der Waals surface area contributed by atoms with Crippen molar-refractivity contribution in [3.05, 3.63) is 24.5 Å². The molecule has 2 heterocycles. The van der Waals surface area contributed by atoms with E-state index in [4.69, 9.17) is 9.31 Å². The molecule has 1 saturated heterocycles. The summed E-state index contributed by atoms with van der Waals surface area (Å²) in [6, 6.07) is 6.01. The van der Waals surface area contributed by atoms with Crippen LogP contribution >= 0.6 is 0 Å². The highest BCUT2D eigenvalue weighted by Crippen LogP contribution is 2.40. The van der Waals surface area contributed by atoms with Gasteiger partial charge in [0.2, 0.25) is 5.92 Å². The molecule has 4 nitrogen and oxygen atoms in total. The first kappa shape index (κ1) is 17.9. The van der Waals surface area contributed by atoms with E-state index in [9.17, 15) is 8.78 Å². The van der Waals surface area contributed by atoms with Crippen LogP contribution in [0.15, 0.2) is 24.5 Å². The lowest BCUT2D eigenvalue weighted by Gasteiger charge is -2.32. The Bertz CT molecular complexity index is 808. The van der Waals surface area contributed by atoms with E-state index in [0.29, 0.717) is 12.8 Å². The Hall–Kier alpha value is -1.47. The van der Waals surface area contributed by atoms with Gasteiger partial charge in [-0.05, 0) is 58.1 Å². The van der Waals surface area contributed by atoms with Gasteiger partial charge in [-0.3, -0.25) is 0 Å². The number of hydrogen-bond acceptors (Lipinski definition) is 3. The number of nitrogens with zero attached hydrogens (tertiary/aromatic N) is 2. The molecule has 0 amide bonds. The van der Waals surface area contributed by atoms with Crippen molar-refractivity contribution in [3.63, 3.8) is 0 Å². The summed E-state index contributed by atoms with van der Waals surface area (Å²) < 4.78 is 41.3. The molecule has 2 aliphatic rings. The lowest BCUT2D eigenvalue weighted by molar-refractivity contribution is -0.0436. The van der Waals surface area contributed by atoms with Gasteiger partial charge in [0.05, 0.1) is 28.6 Å². The molecule has 7 heteroatoms. The molecule has 0 atom stereocenters. The molecule has 0 spiro atoms. The fraction of sp³-hybridized carbons (Fsp3) is 0.632. The molecule has 0 bridgehead atoms. The van der Waals surface area contributed by atoms with Crippen LogP contribution in [0.25, 0.3) is 11.0 Å². The highest BCUT2D eigenvalue weighted by molar-refractivity contribution is 6.62. The van der Waals surface area contributed by atoms with E-state index < -0.39 is 24.2 Å². The van der Waals surface area contributed by atoms with Crippen LogP contribution in [-0.4, -0.2) is 33.8 Å². The molecule has 0 radical (unpaired) electrons. The molecule has 1 saturated carbocycles. The van der Waals surface area contributed by atoms with Crippen molar-refractivity contribution < 1.29 is 18.1 Å². The normalized spacial score (nSPS) is 25.1. The van der Waals surface area contributed by atoms with Crippen LogP contribution < -0.4 is 5.46 Å². The van der Waals surface area contributed by atoms with Crippen LogP contribution in [0, 0.1) is 0 Å². The zero-order valence-electron chi connectivity index (χ0n) is 15.8. The second kappa shape index (κ2) is 5.76. The van der Waals surface area contributed by atoms with Crippen molar-refractivity contribution in [2.24, 2.45) is 0 Å². The van der Waals surface area contributed by atoms with Gasteiger partial charge in [0.15, 0.2) is 0 Å². The number of halogens is 2. The predicted octanol–water partition coefficient (Wildman–Crippen LogP) is 4.09. The Balaban J connectivity index is 1.64. The Morgan fingerprint density at radius 3 is 2.31 bits per heavy atom. The minimum atomic E-state index is -2.53. The summed E-state index contributed by atoms with van der Waals surface area (Å²) >= 11 is 0. The first-order valence-corrected chi connectivity index (χ1v) is 9.28. The van der Waals surface area contributed by atoms with Gasteiger partial charge in [0.25, 0.3) is 0 Å². The van der Waals surface area contributed by atoms with Crippen molar-refractivity contribution >= 4 is 23.6 Å². The molecule has 0 unspecified atom stereocenters. The number of hydrogen-bond donors (Lipinski definition) is 0. The Labute approximate surface area is 153 Å². The molecule has 4 rings (SSSR count). The topological polar surface area (TPSA) is 36.3 Å². The van der Waals surface area contributed by atoms with Crippen molar-refractivity contribution in [2.45, 2.75) is 76.5 Å². The molecule has 1 aromatic heterocycles. The van der Waals surface area contributed by atoms with E-state index in [2.05, 4.69) is 4.98 Å².